The van der Waals surface area contributed by atoms with Gasteiger partial charge in [0, 0.05) is 0 Å². The van der Waals surface area contributed by atoms with Crippen LogP contribution in [0.15, 0.2) is 17.3 Å². The van der Waals surface area contributed by atoms with Crippen LogP contribution in [0.25, 0.3) is 0 Å². The van der Waals surface area contributed by atoms with Gasteiger partial charge in [0.1, 0.15) is 6.04 Å². The summed E-state index contributed by atoms with van der Waals surface area (Å²) in [6.07, 6.45) is 7.79. The Hall–Kier alpha value is -0.660. The molecule has 0 aromatic rings. The van der Waals surface area contributed by atoms with Gasteiger partial charge in [0.15, 0.2) is 0 Å². The van der Waals surface area contributed by atoms with Crippen LogP contribution in [0.5, 0.6) is 0 Å². The molecule has 0 heterocycles. The second-order valence-electron chi connectivity index (χ2n) is 2.08. The molecule has 0 spiro atoms. The summed E-state index contributed by atoms with van der Waals surface area (Å²) in [6.45, 7) is 0. The van der Waals surface area contributed by atoms with Crippen LogP contribution >= 0.6 is 0 Å². The van der Waals surface area contributed by atoms with Gasteiger partial charge in [-0.1, -0.05) is 12.2 Å². The van der Waals surface area contributed by atoms with Gasteiger partial charge in [-0.3, -0.25) is 0 Å². The third-order valence-electron chi connectivity index (χ3n) is 1.42. The number of hydrogen-bond acceptors (Lipinski definition) is 1. The van der Waals surface area contributed by atoms with Gasteiger partial charge in [-0.05, 0) is 24.4 Å². The zero-order chi connectivity index (χ0) is 5.82. The third-order valence-corrected chi connectivity index (χ3v) is 1.42. The van der Waals surface area contributed by atoms with Crippen molar-refractivity contribution < 1.29 is 5.53 Å². The van der Waals surface area contributed by atoms with E-state index in [2.05, 4.69) is 17.3 Å². The van der Waals surface area contributed by atoms with E-state index in [-0.39, 0.29) is 0 Å². The lowest BCUT2D eigenvalue weighted by atomic mass is 10.0. The predicted molar refractivity (Wildman–Crippen MR) is 31.1 cm³/mol. The molecule has 44 valence electrons. The van der Waals surface area contributed by atoms with E-state index in [1.807, 2.05) is 0 Å². The largest absolute Gasteiger partial charge is 0.156 e. The zero-order valence-corrected chi connectivity index (χ0v) is 4.88. The summed E-state index contributed by atoms with van der Waals surface area (Å²) >= 11 is 0. The van der Waals surface area contributed by atoms with E-state index in [0.29, 0.717) is 6.04 Å². The summed E-state index contributed by atoms with van der Waals surface area (Å²) in [4.78, 5) is 0. The minimum atomic E-state index is 0.309. The number of nitrogens with zero attached hydrogens (tertiary/aromatic N) is 1. The van der Waals surface area contributed by atoms with Crippen molar-refractivity contribution in [2.24, 2.45) is 5.11 Å². The average Bonchev–Trinajstić information content (AvgIpc) is 1.90. The number of allylic oxidation sites excluding steroid dienone is 1. The Bertz CT molecular complexity index is 107. The van der Waals surface area contributed by atoms with Crippen molar-refractivity contribution >= 4 is 0 Å². The van der Waals surface area contributed by atoms with Gasteiger partial charge in [-0.2, -0.15) is 5.53 Å². The van der Waals surface area contributed by atoms with Crippen molar-refractivity contribution in [3.8, 4) is 0 Å². The van der Waals surface area contributed by atoms with Crippen LogP contribution in [0, 0.1) is 0 Å². The first kappa shape index (κ1) is 5.48. The van der Waals surface area contributed by atoms with Crippen molar-refractivity contribution in [3.63, 3.8) is 0 Å². The molecule has 0 fully saturated rings. The Morgan fingerprint density at radius 1 is 1.62 bits per heavy atom. The quantitative estimate of drug-likeness (QED) is 0.373. The van der Waals surface area contributed by atoms with Gasteiger partial charge >= 0.3 is 0 Å². The third kappa shape index (κ3) is 1.15. The summed E-state index contributed by atoms with van der Waals surface area (Å²) in [6, 6.07) is 0.309. The van der Waals surface area contributed by atoms with Crippen LogP contribution in [0.4, 0.5) is 0 Å². The van der Waals surface area contributed by atoms with E-state index in [0.717, 1.165) is 6.42 Å². The Labute approximate surface area is 49.1 Å². The van der Waals surface area contributed by atoms with Crippen LogP contribution < -0.4 is 5.53 Å². The lowest BCUT2D eigenvalue weighted by molar-refractivity contribution is -0.226. The summed E-state index contributed by atoms with van der Waals surface area (Å²) < 4.78 is 0. The van der Waals surface area contributed by atoms with Crippen LogP contribution in [0.2, 0.25) is 0 Å². The van der Waals surface area contributed by atoms with E-state index in [1.165, 1.54) is 12.8 Å². The molecule has 2 N–H and O–H groups in total. The van der Waals surface area contributed by atoms with Gasteiger partial charge in [-0.15, -0.1) is 0 Å². The fourth-order valence-electron chi connectivity index (χ4n) is 0.919. The second kappa shape index (κ2) is 2.60. The summed E-state index contributed by atoms with van der Waals surface area (Å²) in [5.74, 6) is 0. The van der Waals surface area contributed by atoms with Gasteiger partial charge < -0.3 is 0 Å². The number of hydrogen-bond donors (Lipinski definition) is 1. The highest BCUT2D eigenvalue weighted by Crippen LogP contribution is 2.11. The van der Waals surface area contributed by atoms with E-state index in [9.17, 15) is 0 Å². The van der Waals surface area contributed by atoms with Crippen molar-refractivity contribution in [2.75, 3.05) is 0 Å². The minimum absolute atomic E-state index is 0.309. The molecule has 1 aliphatic rings. The van der Waals surface area contributed by atoms with E-state index in [4.69, 9.17) is 5.53 Å². The van der Waals surface area contributed by atoms with Crippen LogP contribution in [0.1, 0.15) is 19.3 Å². The van der Waals surface area contributed by atoms with Gasteiger partial charge in [0.2, 0.25) is 0 Å². The van der Waals surface area contributed by atoms with Gasteiger partial charge in [-0.25, -0.2) is 0 Å². The maximum Gasteiger partial charge on any atom is 0.130 e. The zero-order valence-electron chi connectivity index (χ0n) is 4.88. The molecule has 0 saturated carbocycles. The lowest BCUT2D eigenvalue weighted by Gasteiger charge is -2.05. The highest BCUT2D eigenvalue weighted by atomic mass is 15.0. The smallest absolute Gasteiger partial charge is 0.130 e. The normalized spacial score (nSPS) is 27.8. The molecule has 2 heteroatoms. The molecule has 0 aromatic carbocycles. The van der Waals surface area contributed by atoms with E-state index < -0.39 is 0 Å². The second-order valence-corrected chi connectivity index (χ2v) is 2.08. The Morgan fingerprint density at radius 2 is 2.50 bits per heavy atom. The number of nitrogens with two attached hydrogens (primary N) is 1. The van der Waals surface area contributed by atoms with Crippen molar-refractivity contribution in [1.82, 2.24) is 0 Å². The SMILES string of the molecule is [NH2+]=NC1C=CCCC1. The molecule has 1 rings (SSSR count). The fraction of sp³-hybridized carbons (Fsp3) is 0.667. The summed E-state index contributed by atoms with van der Waals surface area (Å²) in [5.41, 5.74) is 5.08. The topological polar surface area (TPSA) is 38.0 Å². The lowest BCUT2D eigenvalue weighted by Crippen LogP contribution is -2.28. The maximum atomic E-state index is 5.08. The molecular formula is C6H11N2+. The Morgan fingerprint density at radius 3 is 2.88 bits per heavy atom. The first-order valence-corrected chi connectivity index (χ1v) is 3.00. The molecule has 0 aromatic heterocycles. The van der Waals surface area contributed by atoms with E-state index in [1.54, 1.807) is 0 Å². The molecule has 0 amide bonds. The fourth-order valence-corrected chi connectivity index (χ4v) is 0.919. The van der Waals surface area contributed by atoms with Gasteiger partial charge in [0.05, 0.1) is 0 Å². The highest BCUT2D eigenvalue weighted by Gasteiger charge is 2.06. The molecule has 2 nitrogen and oxygen atoms in total. The minimum Gasteiger partial charge on any atom is -0.156 e. The molecule has 1 atom stereocenters. The average molecular weight is 111 g/mol. The van der Waals surface area contributed by atoms with Gasteiger partial charge in [0.25, 0.3) is 0 Å². The molecule has 0 aliphatic heterocycles. The van der Waals surface area contributed by atoms with Crippen molar-refractivity contribution in [1.29, 1.82) is 0 Å². The van der Waals surface area contributed by atoms with E-state index >= 15 is 0 Å². The maximum absolute atomic E-state index is 5.08. The first-order chi connectivity index (χ1) is 3.93. The summed E-state index contributed by atoms with van der Waals surface area (Å²) in [7, 11) is 0. The first-order valence-electron chi connectivity index (χ1n) is 3.00. The molecule has 1 aliphatic carbocycles. The number of rotatable bonds is 1. The Balaban J connectivity index is 2.42. The Kier molecular flexibility index (Phi) is 1.78. The van der Waals surface area contributed by atoms with Crippen LogP contribution in [0.3, 0.4) is 0 Å². The predicted octanol–water partition coefficient (Wildman–Crippen LogP) is 0.306. The van der Waals surface area contributed by atoms with Crippen molar-refractivity contribution in [2.45, 2.75) is 25.3 Å². The monoisotopic (exact) mass is 111 g/mol. The molecular weight excluding hydrogens is 100 g/mol. The van der Waals surface area contributed by atoms with Crippen molar-refractivity contribution in [3.05, 3.63) is 12.2 Å². The van der Waals surface area contributed by atoms with Crippen LogP contribution in [-0.2, 0) is 0 Å². The highest BCUT2D eigenvalue weighted by molar-refractivity contribution is 4.96. The molecule has 0 bridgehead atoms. The molecule has 0 saturated heterocycles. The summed E-state index contributed by atoms with van der Waals surface area (Å²) in [5, 5.41) is 3.66. The molecule has 0 radical (unpaired) electrons. The molecule has 8 heavy (non-hydrogen) atoms. The molecule has 1 unspecified atom stereocenters. The standard InChI is InChI=1S/C6H10N2/c7-8-6-4-2-1-3-5-6/h2,4,6-7H,1,3,5H2/p+1. The van der Waals surface area contributed by atoms with Crippen LogP contribution in [-0.4, -0.2) is 6.04 Å².